The highest BCUT2D eigenvalue weighted by Crippen LogP contribution is 2.22. The summed E-state index contributed by atoms with van der Waals surface area (Å²) in [4.78, 5) is 10.7. The van der Waals surface area contributed by atoms with Crippen LogP contribution in [-0.2, 0) is 10.0 Å². The maximum Gasteiger partial charge on any atom is 0.300 e. The van der Waals surface area contributed by atoms with Crippen LogP contribution < -0.4 is 4.90 Å². The molecular weight excluding hydrogens is 316 g/mol. The Kier molecular flexibility index (Phi) is 4.54. The van der Waals surface area contributed by atoms with Crippen molar-refractivity contribution in [3.8, 4) is 0 Å². The molecule has 0 unspecified atom stereocenters. The highest BCUT2D eigenvalue weighted by Gasteiger charge is 2.28. The van der Waals surface area contributed by atoms with Gasteiger partial charge in [-0.2, -0.15) is 9.29 Å². The zero-order valence-corrected chi connectivity index (χ0v) is 14.3. The topological polar surface area (TPSA) is 79.5 Å². The molecular formula is C15H22N4O3S. The number of rotatable bonds is 5. The van der Waals surface area contributed by atoms with Crippen molar-refractivity contribution in [3.05, 3.63) is 17.8 Å². The largest absolute Gasteiger partial charge is 0.422 e. The molecule has 0 N–H and O–H groups in total. The van der Waals surface area contributed by atoms with Crippen LogP contribution in [0.2, 0.25) is 0 Å². The Bertz CT molecular complexity index is 779. The van der Waals surface area contributed by atoms with Gasteiger partial charge in [0.05, 0.1) is 5.75 Å². The van der Waals surface area contributed by atoms with E-state index in [4.69, 9.17) is 4.42 Å². The molecule has 0 spiro atoms. The normalized spacial score (nSPS) is 17.0. The van der Waals surface area contributed by atoms with E-state index in [1.54, 1.807) is 4.31 Å². The molecule has 7 nitrogen and oxygen atoms in total. The number of nitrogens with zero attached hydrogens (tertiary/aromatic N) is 4. The number of aromatic nitrogens is 2. The van der Waals surface area contributed by atoms with Gasteiger partial charge in [-0.15, -0.1) is 0 Å². The molecule has 8 heteroatoms. The van der Waals surface area contributed by atoms with Gasteiger partial charge in [0.25, 0.3) is 6.01 Å². The van der Waals surface area contributed by atoms with Crippen molar-refractivity contribution in [3.63, 3.8) is 0 Å². The maximum absolute atomic E-state index is 12.2. The smallest absolute Gasteiger partial charge is 0.300 e. The van der Waals surface area contributed by atoms with E-state index in [1.807, 2.05) is 30.9 Å². The average Bonchev–Trinajstić information content (AvgIpc) is 2.96. The molecule has 0 radical (unpaired) electrons. The first kappa shape index (κ1) is 16.2. The average molecular weight is 338 g/mol. The number of hydrogen-bond acceptors (Lipinski definition) is 6. The standard InChI is InChI=1S/C15H22N4O3S/c1-3-4-11-23(20,21)19-9-7-18(8-10-19)15-17-14-13(22-15)6-5-12(2)16-14/h5-6H,3-4,7-11H2,1-2H3. The fourth-order valence-corrected chi connectivity index (χ4v) is 4.28. The van der Waals surface area contributed by atoms with Crippen molar-refractivity contribution in [1.82, 2.24) is 14.3 Å². The van der Waals surface area contributed by atoms with Crippen LogP contribution >= 0.6 is 0 Å². The monoisotopic (exact) mass is 338 g/mol. The third kappa shape index (κ3) is 3.48. The first-order valence-electron chi connectivity index (χ1n) is 7.96. The molecule has 2 aromatic rings. The van der Waals surface area contributed by atoms with Gasteiger partial charge in [-0.25, -0.2) is 13.4 Å². The fraction of sp³-hybridized carbons (Fsp3) is 0.600. The van der Waals surface area contributed by atoms with E-state index in [2.05, 4.69) is 9.97 Å². The first-order chi connectivity index (χ1) is 11.0. The number of unbranched alkanes of at least 4 members (excludes halogenated alkanes) is 1. The Balaban J connectivity index is 1.68. The summed E-state index contributed by atoms with van der Waals surface area (Å²) in [7, 11) is -3.14. The molecule has 3 rings (SSSR count). The summed E-state index contributed by atoms with van der Waals surface area (Å²) < 4.78 is 31.8. The van der Waals surface area contributed by atoms with Crippen molar-refractivity contribution < 1.29 is 12.8 Å². The van der Waals surface area contributed by atoms with E-state index >= 15 is 0 Å². The second-order valence-corrected chi connectivity index (χ2v) is 7.91. The molecule has 0 atom stereocenters. The highest BCUT2D eigenvalue weighted by molar-refractivity contribution is 7.89. The van der Waals surface area contributed by atoms with E-state index < -0.39 is 10.0 Å². The number of fused-ring (bicyclic) bond motifs is 1. The summed E-state index contributed by atoms with van der Waals surface area (Å²) in [5.74, 6) is 0.232. The predicted octanol–water partition coefficient (Wildman–Crippen LogP) is 1.78. The van der Waals surface area contributed by atoms with Gasteiger partial charge in [-0.3, -0.25) is 0 Å². The molecule has 1 aliphatic rings. The molecule has 1 saturated heterocycles. The molecule has 23 heavy (non-hydrogen) atoms. The van der Waals surface area contributed by atoms with E-state index in [9.17, 15) is 8.42 Å². The van der Waals surface area contributed by atoms with E-state index in [0.29, 0.717) is 49.8 Å². The molecule has 0 amide bonds. The molecule has 1 aliphatic heterocycles. The predicted molar refractivity (Wildman–Crippen MR) is 89.0 cm³/mol. The number of aryl methyl sites for hydroxylation is 1. The fourth-order valence-electron chi connectivity index (χ4n) is 2.65. The summed E-state index contributed by atoms with van der Waals surface area (Å²) in [6.45, 7) is 6.01. The van der Waals surface area contributed by atoms with E-state index in [-0.39, 0.29) is 5.75 Å². The maximum atomic E-state index is 12.2. The van der Waals surface area contributed by atoms with Gasteiger partial charge in [0.2, 0.25) is 15.7 Å². The number of piperazine rings is 1. The van der Waals surface area contributed by atoms with E-state index in [1.165, 1.54) is 0 Å². The van der Waals surface area contributed by atoms with Gasteiger partial charge in [0.1, 0.15) is 0 Å². The van der Waals surface area contributed by atoms with Crippen LogP contribution in [-0.4, -0.2) is 54.6 Å². The van der Waals surface area contributed by atoms with Gasteiger partial charge in [0.15, 0.2) is 5.58 Å². The van der Waals surface area contributed by atoms with Crippen LogP contribution in [0.1, 0.15) is 25.5 Å². The van der Waals surface area contributed by atoms with Gasteiger partial charge < -0.3 is 9.32 Å². The van der Waals surface area contributed by atoms with Gasteiger partial charge in [-0.1, -0.05) is 13.3 Å². The molecule has 0 saturated carbocycles. The second-order valence-electron chi connectivity index (χ2n) is 5.83. The molecule has 0 aliphatic carbocycles. The van der Waals surface area contributed by atoms with Crippen molar-refractivity contribution in [2.45, 2.75) is 26.7 Å². The minimum absolute atomic E-state index is 0.232. The zero-order valence-electron chi connectivity index (χ0n) is 13.5. The lowest BCUT2D eigenvalue weighted by atomic mass is 10.4. The van der Waals surface area contributed by atoms with Crippen LogP contribution in [0.25, 0.3) is 11.2 Å². The Labute approximate surface area is 136 Å². The highest BCUT2D eigenvalue weighted by atomic mass is 32.2. The molecule has 0 aromatic carbocycles. The Morgan fingerprint density at radius 2 is 1.91 bits per heavy atom. The lowest BCUT2D eigenvalue weighted by Gasteiger charge is -2.33. The summed E-state index contributed by atoms with van der Waals surface area (Å²) in [6.07, 6.45) is 1.59. The molecule has 1 fully saturated rings. The number of hydrogen-bond donors (Lipinski definition) is 0. The Morgan fingerprint density at radius 1 is 1.17 bits per heavy atom. The van der Waals surface area contributed by atoms with Gasteiger partial charge in [0, 0.05) is 31.9 Å². The first-order valence-corrected chi connectivity index (χ1v) is 9.57. The summed E-state index contributed by atoms with van der Waals surface area (Å²) in [5, 5.41) is 0. The number of pyridine rings is 1. The molecule has 0 bridgehead atoms. The molecule has 126 valence electrons. The Morgan fingerprint density at radius 3 is 2.61 bits per heavy atom. The van der Waals surface area contributed by atoms with Crippen LogP contribution in [0, 0.1) is 6.92 Å². The SMILES string of the molecule is CCCCS(=O)(=O)N1CCN(c2nc3nc(C)ccc3o2)CC1. The van der Waals surface area contributed by atoms with Crippen LogP contribution in [0.5, 0.6) is 0 Å². The Hall–Kier alpha value is -1.67. The lowest BCUT2D eigenvalue weighted by molar-refractivity contribution is 0.373. The summed E-state index contributed by atoms with van der Waals surface area (Å²) >= 11 is 0. The van der Waals surface area contributed by atoms with Crippen molar-refractivity contribution >= 4 is 27.3 Å². The second kappa shape index (κ2) is 6.45. The van der Waals surface area contributed by atoms with Crippen molar-refractivity contribution in [2.75, 3.05) is 36.8 Å². The number of oxazole rings is 1. The quantitative estimate of drug-likeness (QED) is 0.827. The number of anilines is 1. The lowest BCUT2D eigenvalue weighted by Crippen LogP contribution is -2.49. The third-order valence-corrected chi connectivity index (χ3v) is 6.00. The van der Waals surface area contributed by atoms with Crippen LogP contribution in [0.4, 0.5) is 6.01 Å². The molecule has 3 heterocycles. The van der Waals surface area contributed by atoms with Gasteiger partial charge in [-0.05, 0) is 25.5 Å². The summed E-state index contributed by atoms with van der Waals surface area (Å²) in [6, 6.07) is 4.26. The van der Waals surface area contributed by atoms with Crippen molar-refractivity contribution in [1.29, 1.82) is 0 Å². The van der Waals surface area contributed by atoms with Crippen LogP contribution in [0.15, 0.2) is 16.5 Å². The van der Waals surface area contributed by atoms with E-state index in [0.717, 1.165) is 12.1 Å². The molecule has 2 aromatic heterocycles. The zero-order chi connectivity index (χ0) is 16.4. The minimum Gasteiger partial charge on any atom is -0.422 e. The van der Waals surface area contributed by atoms with Crippen molar-refractivity contribution in [2.24, 2.45) is 0 Å². The number of sulfonamides is 1. The van der Waals surface area contributed by atoms with Crippen LogP contribution in [0.3, 0.4) is 0 Å². The minimum atomic E-state index is -3.14. The third-order valence-electron chi connectivity index (χ3n) is 4.04. The summed E-state index contributed by atoms with van der Waals surface area (Å²) in [5.41, 5.74) is 2.14. The van der Waals surface area contributed by atoms with Gasteiger partial charge >= 0.3 is 0 Å².